The highest BCUT2D eigenvalue weighted by molar-refractivity contribution is 6.09. The first kappa shape index (κ1) is 23.4. The Labute approximate surface area is 207 Å². The second kappa shape index (κ2) is 10.1. The van der Waals surface area contributed by atoms with E-state index in [0.717, 1.165) is 75.0 Å². The molecule has 2 aromatic rings. The lowest BCUT2D eigenvalue weighted by molar-refractivity contribution is -0.125. The van der Waals surface area contributed by atoms with Gasteiger partial charge in [-0.3, -0.25) is 19.3 Å². The summed E-state index contributed by atoms with van der Waals surface area (Å²) in [6.07, 6.45) is 6.03. The Kier molecular flexibility index (Phi) is 6.75. The summed E-state index contributed by atoms with van der Waals surface area (Å²) in [5.41, 5.74) is 4.36. The van der Waals surface area contributed by atoms with Gasteiger partial charge >= 0.3 is 0 Å². The predicted molar refractivity (Wildman–Crippen MR) is 137 cm³/mol. The third-order valence-electron chi connectivity index (χ3n) is 7.39. The number of hydrogen-bond acceptors (Lipinski definition) is 4. The average molecular weight is 475 g/mol. The molecule has 35 heavy (non-hydrogen) atoms. The van der Waals surface area contributed by atoms with Crippen LogP contribution in [-0.2, 0) is 16.1 Å². The average Bonchev–Trinajstić information content (AvgIpc) is 2.89. The zero-order valence-corrected chi connectivity index (χ0v) is 20.5. The second-order valence-electron chi connectivity index (χ2n) is 9.95. The highest BCUT2D eigenvalue weighted by Crippen LogP contribution is 2.40. The minimum absolute atomic E-state index is 0.00423. The maximum Gasteiger partial charge on any atom is 0.253 e. The van der Waals surface area contributed by atoms with E-state index in [1.807, 2.05) is 54.3 Å². The van der Waals surface area contributed by atoms with Gasteiger partial charge < -0.3 is 15.1 Å². The summed E-state index contributed by atoms with van der Waals surface area (Å²) in [6.45, 7) is 4.74. The Morgan fingerprint density at radius 1 is 0.943 bits per heavy atom. The molecule has 0 aromatic heterocycles. The van der Waals surface area contributed by atoms with Crippen molar-refractivity contribution < 1.29 is 14.4 Å². The SMILES string of the molecule is Cc1cccc(CNC(=O)CN2C(=O)C3CCCCN3c3ccc(C(=O)N4CCCCC4)cc32)c1. The number of aryl methyl sites for hydroxylation is 1. The molecule has 0 bridgehead atoms. The fraction of sp³-hybridized carbons (Fsp3) is 0.464. The van der Waals surface area contributed by atoms with Gasteiger partial charge in [0.1, 0.15) is 12.6 Å². The van der Waals surface area contributed by atoms with Gasteiger partial charge in [0.05, 0.1) is 11.4 Å². The van der Waals surface area contributed by atoms with E-state index in [-0.39, 0.29) is 30.3 Å². The number of rotatable bonds is 5. The van der Waals surface area contributed by atoms with Gasteiger partial charge in [-0.1, -0.05) is 29.8 Å². The zero-order chi connectivity index (χ0) is 24.4. The smallest absolute Gasteiger partial charge is 0.253 e. The monoisotopic (exact) mass is 474 g/mol. The Hall–Kier alpha value is -3.35. The van der Waals surface area contributed by atoms with Crippen LogP contribution in [0.25, 0.3) is 0 Å². The standard InChI is InChI=1S/C28H34N4O3/c1-20-8-7-9-21(16-20)18-29-26(33)19-32-25-17-22(27(34)30-13-4-2-5-14-30)11-12-23(25)31-15-6-3-10-24(31)28(32)35/h7-9,11-12,16-17,24H,2-6,10,13-15,18-19H2,1H3,(H,29,33). The fourth-order valence-electron chi connectivity index (χ4n) is 5.56. The van der Waals surface area contributed by atoms with Gasteiger partial charge in [-0.2, -0.15) is 0 Å². The molecule has 3 heterocycles. The molecule has 0 radical (unpaired) electrons. The second-order valence-corrected chi connectivity index (χ2v) is 9.95. The summed E-state index contributed by atoms with van der Waals surface area (Å²) in [6, 6.07) is 13.4. The first-order chi connectivity index (χ1) is 17.0. The van der Waals surface area contributed by atoms with Crippen molar-refractivity contribution >= 4 is 29.1 Å². The zero-order valence-electron chi connectivity index (χ0n) is 20.5. The molecule has 2 aromatic carbocycles. The van der Waals surface area contributed by atoms with E-state index >= 15 is 0 Å². The molecule has 3 aliphatic rings. The molecule has 7 heteroatoms. The minimum Gasteiger partial charge on any atom is -0.358 e. The van der Waals surface area contributed by atoms with Crippen molar-refractivity contribution in [3.05, 3.63) is 59.2 Å². The van der Waals surface area contributed by atoms with Crippen LogP contribution in [0, 0.1) is 6.92 Å². The number of nitrogens with one attached hydrogen (secondary N) is 1. The van der Waals surface area contributed by atoms with Crippen molar-refractivity contribution in [2.45, 2.75) is 58.0 Å². The number of fused-ring (bicyclic) bond motifs is 3. The summed E-state index contributed by atoms with van der Waals surface area (Å²) in [7, 11) is 0. The number of nitrogens with zero attached hydrogens (tertiary/aromatic N) is 3. The first-order valence-corrected chi connectivity index (χ1v) is 12.8. The van der Waals surface area contributed by atoms with Crippen LogP contribution < -0.4 is 15.1 Å². The highest BCUT2D eigenvalue weighted by Gasteiger charge is 2.40. The van der Waals surface area contributed by atoms with Gasteiger partial charge in [-0.15, -0.1) is 0 Å². The van der Waals surface area contributed by atoms with Crippen LogP contribution in [0.5, 0.6) is 0 Å². The van der Waals surface area contributed by atoms with Crippen molar-refractivity contribution in [2.24, 2.45) is 0 Å². The molecule has 1 unspecified atom stereocenters. The normalized spacial score (nSPS) is 19.7. The summed E-state index contributed by atoms with van der Waals surface area (Å²) in [5.74, 6) is -0.252. The molecule has 184 valence electrons. The van der Waals surface area contributed by atoms with Crippen molar-refractivity contribution in [1.29, 1.82) is 0 Å². The molecular weight excluding hydrogens is 440 g/mol. The molecule has 2 fully saturated rings. The quantitative estimate of drug-likeness (QED) is 0.718. The number of anilines is 2. The number of carbonyl (C=O) groups is 3. The van der Waals surface area contributed by atoms with Gasteiger partial charge in [0.15, 0.2) is 0 Å². The molecule has 0 spiro atoms. The molecule has 3 amide bonds. The number of likely N-dealkylation sites (tertiary alicyclic amines) is 1. The van der Waals surface area contributed by atoms with Gasteiger partial charge in [0, 0.05) is 31.7 Å². The summed E-state index contributed by atoms with van der Waals surface area (Å²) in [4.78, 5) is 45.4. The minimum atomic E-state index is -0.246. The molecule has 0 aliphatic carbocycles. The lowest BCUT2D eigenvalue weighted by atomic mass is 9.95. The van der Waals surface area contributed by atoms with Crippen LogP contribution in [0.2, 0.25) is 0 Å². The molecule has 1 atom stereocenters. The van der Waals surface area contributed by atoms with Crippen LogP contribution in [0.3, 0.4) is 0 Å². The van der Waals surface area contributed by atoms with Gasteiger partial charge in [0.2, 0.25) is 11.8 Å². The lowest BCUT2D eigenvalue weighted by Crippen LogP contribution is -2.57. The van der Waals surface area contributed by atoms with Crippen LogP contribution in [0.1, 0.15) is 60.0 Å². The van der Waals surface area contributed by atoms with E-state index in [1.165, 1.54) is 0 Å². The molecule has 0 saturated carbocycles. The third kappa shape index (κ3) is 4.90. The number of carbonyl (C=O) groups excluding carboxylic acids is 3. The van der Waals surface area contributed by atoms with Gasteiger partial charge in [-0.05, 0) is 69.2 Å². The van der Waals surface area contributed by atoms with E-state index in [2.05, 4.69) is 10.2 Å². The van der Waals surface area contributed by atoms with E-state index in [0.29, 0.717) is 17.8 Å². The highest BCUT2D eigenvalue weighted by atomic mass is 16.2. The first-order valence-electron chi connectivity index (χ1n) is 12.8. The largest absolute Gasteiger partial charge is 0.358 e. The van der Waals surface area contributed by atoms with Crippen LogP contribution >= 0.6 is 0 Å². The molecular formula is C28H34N4O3. The van der Waals surface area contributed by atoms with E-state index < -0.39 is 0 Å². The summed E-state index contributed by atoms with van der Waals surface area (Å²) in [5, 5.41) is 2.96. The van der Waals surface area contributed by atoms with E-state index in [1.54, 1.807) is 4.90 Å². The predicted octanol–water partition coefficient (Wildman–Crippen LogP) is 3.64. The maximum atomic E-state index is 13.6. The number of benzene rings is 2. The maximum absolute atomic E-state index is 13.6. The molecule has 7 nitrogen and oxygen atoms in total. The van der Waals surface area contributed by atoms with Gasteiger partial charge in [0.25, 0.3) is 5.91 Å². The summed E-state index contributed by atoms with van der Waals surface area (Å²) >= 11 is 0. The van der Waals surface area contributed by atoms with Crippen molar-refractivity contribution in [2.75, 3.05) is 36.0 Å². The summed E-state index contributed by atoms with van der Waals surface area (Å²) < 4.78 is 0. The number of hydrogen-bond donors (Lipinski definition) is 1. The fourth-order valence-corrected chi connectivity index (χ4v) is 5.56. The topological polar surface area (TPSA) is 73.0 Å². The molecule has 5 rings (SSSR count). The molecule has 2 saturated heterocycles. The van der Waals surface area contributed by atoms with Gasteiger partial charge in [-0.25, -0.2) is 0 Å². The Bertz CT molecular complexity index is 1120. The van der Waals surface area contributed by atoms with Crippen molar-refractivity contribution in [3.63, 3.8) is 0 Å². The van der Waals surface area contributed by atoms with Crippen LogP contribution in [0.4, 0.5) is 11.4 Å². The Balaban J connectivity index is 1.39. The lowest BCUT2D eigenvalue weighted by Gasteiger charge is -2.45. The Morgan fingerprint density at radius 3 is 2.54 bits per heavy atom. The molecule has 3 aliphatic heterocycles. The van der Waals surface area contributed by atoms with Crippen LogP contribution in [-0.4, -0.2) is 54.8 Å². The number of piperidine rings is 2. The van der Waals surface area contributed by atoms with Crippen LogP contribution in [0.15, 0.2) is 42.5 Å². The van der Waals surface area contributed by atoms with E-state index in [9.17, 15) is 14.4 Å². The Morgan fingerprint density at radius 2 is 1.74 bits per heavy atom. The third-order valence-corrected chi connectivity index (χ3v) is 7.39. The molecule has 1 N–H and O–H groups in total. The number of amides is 3. The van der Waals surface area contributed by atoms with E-state index in [4.69, 9.17) is 0 Å². The van der Waals surface area contributed by atoms with Crippen molar-refractivity contribution in [1.82, 2.24) is 10.2 Å². The van der Waals surface area contributed by atoms with Crippen molar-refractivity contribution in [3.8, 4) is 0 Å².